The molecule has 0 radical (unpaired) electrons. The summed E-state index contributed by atoms with van der Waals surface area (Å²) in [5.41, 5.74) is 7.99. The molecule has 1 aliphatic heterocycles. The number of nitrogens with zero attached hydrogens (tertiary/aromatic N) is 4. The predicted molar refractivity (Wildman–Crippen MR) is 76.3 cm³/mol. The molecule has 0 spiro atoms. The molecule has 0 saturated carbocycles. The summed E-state index contributed by atoms with van der Waals surface area (Å²) in [4.78, 5) is 6.89. The lowest BCUT2D eigenvalue weighted by atomic mass is 9.93. The fourth-order valence-corrected chi connectivity index (χ4v) is 2.83. The highest BCUT2D eigenvalue weighted by Crippen LogP contribution is 2.25. The fraction of sp³-hybridized carbons (Fsp3) is 0.571. The molecule has 0 bridgehead atoms. The van der Waals surface area contributed by atoms with Crippen molar-refractivity contribution in [2.45, 2.75) is 32.7 Å². The van der Waals surface area contributed by atoms with Crippen LogP contribution >= 0.6 is 0 Å². The number of piperidine rings is 1. The molecule has 2 N–H and O–H groups in total. The molecule has 5 nitrogen and oxygen atoms in total. The summed E-state index contributed by atoms with van der Waals surface area (Å²) < 4.78 is 1.86. The topological polar surface area (TPSA) is 59.5 Å². The Kier molecular flexibility index (Phi) is 3.14. The second kappa shape index (κ2) is 4.81. The van der Waals surface area contributed by atoms with Crippen LogP contribution in [0, 0.1) is 12.8 Å². The quantitative estimate of drug-likeness (QED) is 0.890. The monoisotopic (exact) mass is 259 g/mol. The average Bonchev–Trinajstić information content (AvgIpc) is 2.81. The maximum absolute atomic E-state index is 5.91. The SMILES string of the molecule is Cc1ccc2nc(N3CCC(C)CC3CN)nn2c1. The largest absolute Gasteiger partial charge is 0.335 e. The van der Waals surface area contributed by atoms with Gasteiger partial charge in [0.2, 0.25) is 5.95 Å². The second-order valence-electron chi connectivity index (χ2n) is 5.63. The van der Waals surface area contributed by atoms with Crippen molar-refractivity contribution in [1.82, 2.24) is 14.6 Å². The van der Waals surface area contributed by atoms with Crippen molar-refractivity contribution in [3.8, 4) is 0 Å². The molecule has 0 aliphatic carbocycles. The van der Waals surface area contributed by atoms with Crippen molar-refractivity contribution >= 4 is 11.6 Å². The normalized spacial score (nSPS) is 24.1. The van der Waals surface area contributed by atoms with Gasteiger partial charge in [-0.25, -0.2) is 4.52 Å². The van der Waals surface area contributed by atoms with Gasteiger partial charge in [-0.2, -0.15) is 4.98 Å². The number of aromatic nitrogens is 3. The Morgan fingerprint density at radius 2 is 2.26 bits per heavy atom. The van der Waals surface area contributed by atoms with Gasteiger partial charge in [-0.15, -0.1) is 5.10 Å². The Balaban J connectivity index is 1.94. The molecule has 0 amide bonds. The molecule has 3 rings (SSSR count). The number of hydrogen-bond donors (Lipinski definition) is 1. The molecule has 2 aromatic rings. The molecule has 19 heavy (non-hydrogen) atoms. The van der Waals surface area contributed by atoms with E-state index in [2.05, 4.69) is 34.9 Å². The first-order valence-corrected chi connectivity index (χ1v) is 6.97. The van der Waals surface area contributed by atoms with E-state index < -0.39 is 0 Å². The number of nitrogens with two attached hydrogens (primary N) is 1. The van der Waals surface area contributed by atoms with Gasteiger partial charge in [0.15, 0.2) is 5.65 Å². The predicted octanol–water partition coefficient (Wildman–Crippen LogP) is 1.60. The van der Waals surface area contributed by atoms with Gasteiger partial charge in [0.25, 0.3) is 0 Å². The standard InChI is InChI=1S/C14H21N5/c1-10-5-6-18(12(7-10)8-15)14-16-13-4-3-11(2)9-19(13)17-14/h3-4,9-10,12H,5-8,15H2,1-2H3. The van der Waals surface area contributed by atoms with Gasteiger partial charge in [-0.3, -0.25) is 0 Å². The van der Waals surface area contributed by atoms with E-state index in [0.717, 1.165) is 30.5 Å². The average molecular weight is 259 g/mol. The van der Waals surface area contributed by atoms with E-state index in [4.69, 9.17) is 5.73 Å². The fourth-order valence-electron chi connectivity index (χ4n) is 2.83. The highest BCUT2D eigenvalue weighted by Gasteiger charge is 2.27. The number of rotatable bonds is 2. The lowest BCUT2D eigenvalue weighted by Crippen LogP contribution is -2.46. The summed E-state index contributed by atoms with van der Waals surface area (Å²) in [6.07, 6.45) is 4.33. The van der Waals surface area contributed by atoms with Gasteiger partial charge in [0, 0.05) is 25.3 Å². The van der Waals surface area contributed by atoms with Crippen LogP contribution in [0.4, 0.5) is 5.95 Å². The van der Waals surface area contributed by atoms with Gasteiger partial charge in [-0.05, 0) is 37.3 Å². The van der Waals surface area contributed by atoms with Crippen LogP contribution in [0.2, 0.25) is 0 Å². The number of fused-ring (bicyclic) bond motifs is 1. The third kappa shape index (κ3) is 2.30. The number of anilines is 1. The van der Waals surface area contributed by atoms with Crippen molar-refractivity contribution in [3.63, 3.8) is 0 Å². The van der Waals surface area contributed by atoms with Gasteiger partial charge in [0.05, 0.1) is 0 Å². The van der Waals surface area contributed by atoms with E-state index in [1.807, 2.05) is 16.8 Å². The minimum atomic E-state index is 0.363. The van der Waals surface area contributed by atoms with Crippen LogP contribution < -0.4 is 10.6 Å². The molecule has 2 atom stereocenters. The van der Waals surface area contributed by atoms with E-state index in [1.165, 1.54) is 12.0 Å². The minimum Gasteiger partial charge on any atom is -0.335 e. The lowest BCUT2D eigenvalue weighted by molar-refractivity contribution is 0.363. The van der Waals surface area contributed by atoms with Crippen LogP contribution in [0.1, 0.15) is 25.3 Å². The van der Waals surface area contributed by atoms with E-state index in [0.29, 0.717) is 12.6 Å². The van der Waals surface area contributed by atoms with Crippen molar-refractivity contribution in [2.75, 3.05) is 18.0 Å². The summed E-state index contributed by atoms with van der Waals surface area (Å²) in [5.74, 6) is 1.55. The Morgan fingerprint density at radius 1 is 1.42 bits per heavy atom. The van der Waals surface area contributed by atoms with Crippen molar-refractivity contribution in [1.29, 1.82) is 0 Å². The number of hydrogen-bond acceptors (Lipinski definition) is 4. The van der Waals surface area contributed by atoms with Gasteiger partial charge in [0.1, 0.15) is 0 Å². The molecule has 5 heteroatoms. The van der Waals surface area contributed by atoms with Crippen LogP contribution in [0.3, 0.4) is 0 Å². The van der Waals surface area contributed by atoms with Crippen molar-refractivity contribution in [2.24, 2.45) is 11.7 Å². The molecular weight excluding hydrogens is 238 g/mol. The number of aryl methyl sites for hydroxylation is 1. The first-order valence-electron chi connectivity index (χ1n) is 6.97. The maximum Gasteiger partial charge on any atom is 0.245 e. The summed E-state index contributed by atoms with van der Waals surface area (Å²) in [6.45, 7) is 6.02. The van der Waals surface area contributed by atoms with E-state index in [9.17, 15) is 0 Å². The maximum atomic E-state index is 5.91. The first kappa shape index (κ1) is 12.4. The highest BCUT2D eigenvalue weighted by atomic mass is 15.4. The second-order valence-corrected chi connectivity index (χ2v) is 5.63. The zero-order valence-electron chi connectivity index (χ0n) is 11.6. The summed E-state index contributed by atoms with van der Waals surface area (Å²) in [5, 5.41) is 4.60. The van der Waals surface area contributed by atoms with Crippen LogP contribution in [-0.2, 0) is 0 Å². The summed E-state index contributed by atoms with van der Waals surface area (Å²) in [7, 11) is 0. The van der Waals surface area contributed by atoms with Crippen LogP contribution in [0.25, 0.3) is 5.65 Å². The summed E-state index contributed by atoms with van der Waals surface area (Å²) in [6, 6.07) is 4.43. The van der Waals surface area contributed by atoms with Crippen molar-refractivity contribution in [3.05, 3.63) is 23.9 Å². The molecule has 1 fully saturated rings. The van der Waals surface area contributed by atoms with Crippen LogP contribution in [-0.4, -0.2) is 33.7 Å². The Hall–Kier alpha value is -1.62. The molecule has 0 aromatic carbocycles. The minimum absolute atomic E-state index is 0.363. The third-order valence-electron chi connectivity index (χ3n) is 3.97. The first-order chi connectivity index (χ1) is 9.17. The molecule has 2 unspecified atom stereocenters. The Bertz CT molecular complexity index is 576. The van der Waals surface area contributed by atoms with Crippen molar-refractivity contribution < 1.29 is 0 Å². The van der Waals surface area contributed by atoms with E-state index in [1.54, 1.807) is 0 Å². The highest BCUT2D eigenvalue weighted by molar-refractivity contribution is 5.46. The Morgan fingerprint density at radius 3 is 3.05 bits per heavy atom. The molecule has 3 heterocycles. The lowest BCUT2D eigenvalue weighted by Gasteiger charge is -2.37. The zero-order valence-corrected chi connectivity index (χ0v) is 11.6. The van der Waals surface area contributed by atoms with E-state index in [-0.39, 0.29) is 0 Å². The molecule has 2 aromatic heterocycles. The molecule has 1 aliphatic rings. The van der Waals surface area contributed by atoms with Gasteiger partial charge in [-0.1, -0.05) is 13.0 Å². The Labute approximate surface area is 113 Å². The molecule has 1 saturated heterocycles. The third-order valence-corrected chi connectivity index (χ3v) is 3.97. The molecular formula is C14H21N5. The summed E-state index contributed by atoms with van der Waals surface area (Å²) >= 11 is 0. The van der Waals surface area contributed by atoms with E-state index >= 15 is 0 Å². The van der Waals surface area contributed by atoms with Crippen LogP contribution in [0.5, 0.6) is 0 Å². The van der Waals surface area contributed by atoms with Crippen LogP contribution in [0.15, 0.2) is 18.3 Å². The molecule has 102 valence electrons. The smallest absolute Gasteiger partial charge is 0.245 e. The van der Waals surface area contributed by atoms with Gasteiger partial charge < -0.3 is 10.6 Å². The van der Waals surface area contributed by atoms with Gasteiger partial charge >= 0.3 is 0 Å². The zero-order chi connectivity index (χ0) is 13.4. The number of pyridine rings is 1.